The zero-order valence-electron chi connectivity index (χ0n) is 19.3. The van der Waals surface area contributed by atoms with Crippen molar-refractivity contribution in [3.05, 3.63) is 64.7 Å². The molecule has 2 N–H and O–H groups in total. The first-order chi connectivity index (χ1) is 16.5. The number of nitrogens with one attached hydrogen (secondary N) is 2. The monoisotopic (exact) mass is 458 g/mol. The highest BCUT2D eigenvalue weighted by atomic mass is 16.2. The quantitative estimate of drug-likeness (QED) is 0.650. The number of benzene rings is 2. The summed E-state index contributed by atoms with van der Waals surface area (Å²) in [4.78, 5) is 41.6. The number of hydrogen-bond donors (Lipinski definition) is 2. The number of carbonyl (C=O) groups is 3. The molecule has 4 aliphatic rings. The second-order valence-corrected chi connectivity index (χ2v) is 10.4. The van der Waals surface area contributed by atoms with Gasteiger partial charge >= 0.3 is 0 Å². The Morgan fingerprint density at radius 2 is 1.74 bits per heavy atom. The molecule has 1 atom stereocenters. The fourth-order valence-electron chi connectivity index (χ4n) is 5.95. The maximum Gasteiger partial charge on any atom is 0.263 e. The minimum Gasteiger partial charge on any atom is -0.380 e. The van der Waals surface area contributed by atoms with Crippen LogP contribution in [0.25, 0.3) is 0 Å². The molecule has 176 valence electrons. The van der Waals surface area contributed by atoms with E-state index in [0.29, 0.717) is 48.2 Å². The molecule has 6 rings (SSSR count). The number of hydrogen-bond acceptors (Lipinski definition) is 5. The van der Waals surface area contributed by atoms with Crippen molar-refractivity contribution < 1.29 is 14.4 Å². The Morgan fingerprint density at radius 3 is 2.41 bits per heavy atom. The molecule has 2 saturated heterocycles. The summed E-state index contributed by atoms with van der Waals surface area (Å²) in [5.74, 6) is -0.587. The molecular weight excluding hydrogens is 428 g/mol. The van der Waals surface area contributed by atoms with E-state index in [1.165, 1.54) is 42.8 Å². The topological polar surface area (TPSA) is 81.8 Å². The van der Waals surface area contributed by atoms with Gasteiger partial charge in [-0.15, -0.1) is 0 Å². The molecule has 7 nitrogen and oxygen atoms in total. The third kappa shape index (κ3) is 3.68. The van der Waals surface area contributed by atoms with E-state index in [9.17, 15) is 14.4 Å². The van der Waals surface area contributed by atoms with Gasteiger partial charge in [0, 0.05) is 44.8 Å². The molecule has 1 unspecified atom stereocenters. The molecule has 0 bridgehead atoms. The lowest BCUT2D eigenvalue weighted by Gasteiger charge is -2.56. The van der Waals surface area contributed by atoms with Gasteiger partial charge in [-0.25, -0.2) is 0 Å². The van der Waals surface area contributed by atoms with Crippen molar-refractivity contribution in [2.75, 3.05) is 25.0 Å². The summed E-state index contributed by atoms with van der Waals surface area (Å²) in [5, 5.41) is 6.14. The summed E-state index contributed by atoms with van der Waals surface area (Å²) >= 11 is 0. The molecule has 34 heavy (non-hydrogen) atoms. The first-order valence-electron chi connectivity index (χ1n) is 12.3. The van der Waals surface area contributed by atoms with Crippen LogP contribution in [0, 0.1) is 5.41 Å². The average Bonchev–Trinajstić information content (AvgIpc) is 3.05. The zero-order valence-corrected chi connectivity index (χ0v) is 19.3. The maximum atomic E-state index is 13.2. The second kappa shape index (κ2) is 8.24. The van der Waals surface area contributed by atoms with Gasteiger partial charge in [-0.2, -0.15) is 0 Å². The highest BCUT2D eigenvalue weighted by Gasteiger charge is 2.46. The number of piperidine rings is 1. The van der Waals surface area contributed by atoms with E-state index < -0.39 is 0 Å². The lowest BCUT2D eigenvalue weighted by atomic mass is 9.63. The van der Waals surface area contributed by atoms with Gasteiger partial charge in [-0.05, 0) is 47.9 Å². The van der Waals surface area contributed by atoms with E-state index in [0.717, 1.165) is 12.1 Å². The number of likely N-dealkylation sites (tertiary alicyclic amines) is 1. The molecule has 3 fully saturated rings. The zero-order chi connectivity index (χ0) is 23.3. The van der Waals surface area contributed by atoms with E-state index in [4.69, 9.17) is 0 Å². The number of rotatable bonds is 6. The summed E-state index contributed by atoms with van der Waals surface area (Å²) in [6.45, 7) is 4.39. The van der Waals surface area contributed by atoms with Crippen molar-refractivity contribution in [3.63, 3.8) is 0 Å². The van der Waals surface area contributed by atoms with Gasteiger partial charge in [0.25, 0.3) is 11.8 Å². The van der Waals surface area contributed by atoms with Crippen LogP contribution >= 0.6 is 0 Å². The summed E-state index contributed by atoms with van der Waals surface area (Å²) in [6, 6.07) is 13.7. The molecule has 2 aromatic carbocycles. The minimum atomic E-state index is -0.295. The highest BCUT2D eigenvalue weighted by Crippen LogP contribution is 2.48. The molecule has 3 aliphatic heterocycles. The third-order valence-corrected chi connectivity index (χ3v) is 8.00. The van der Waals surface area contributed by atoms with Crippen LogP contribution in [0.2, 0.25) is 0 Å². The van der Waals surface area contributed by atoms with E-state index in [1.807, 2.05) is 12.1 Å². The van der Waals surface area contributed by atoms with Crippen LogP contribution in [0.5, 0.6) is 0 Å². The molecule has 3 amide bonds. The van der Waals surface area contributed by atoms with Gasteiger partial charge in [-0.3, -0.25) is 24.2 Å². The maximum absolute atomic E-state index is 13.2. The Bertz CT molecular complexity index is 1140. The summed E-state index contributed by atoms with van der Waals surface area (Å²) in [7, 11) is 0. The number of fused-ring (bicyclic) bond motifs is 1. The Balaban J connectivity index is 1.10. The lowest BCUT2D eigenvalue weighted by Crippen LogP contribution is -2.58. The molecule has 1 saturated carbocycles. The van der Waals surface area contributed by atoms with Crippen molar-refractivity contribution in [2.45, 2.75) is 51.2 Å². The predicted octanol–water partition coefficient (Wildman–Crippen LogP) is 3.16. The summed E-state index contributed by atoms with van der Waals surface area (Å²) < 4.78 is 0. The van der Waals surface area contributed by atoms with Crippen molar-refractivity contribution >= 4 is 23.4 Å². The Kier molecular flexibility index (Phi) is 5.17. The van der Waals surface area contributed by atoms with Crippen LogP contribution in [0.4, 0.5) is 5.69 Å². The Hall–Kier alpha value is -3.19. The van der Waals surface area contributed by atoms with Crippen molar-refractivity contribution in [1.82, 2.24) is 15.1 Å². The molecule has 2 aromatic rings. The highest BCUT2D eigenvalue weighted by molar-refractivity contribution is 6.24. The average molecular weight is 459 g/mol. The normalized spacial score (nSPS) is 23.4. The van der Waals surface area contributed by atoms with Gasteiger partial charge < -0.3 is 10.6 Å². The van der Waals surface area contributed by atoms with E-state index in [2.05, 4.69) is 39.8 Å². The molecule has 1 spiro atoms. The van der Waals surface area contributed by atoms with Gasteiger partial charge in [0.05, 0.1) is 17.2 Å². The van der Waals surface area contributed by atoms with Gasteiger partial charge in [0.1, 0.15) is 0 Å². The second-order valence-electron chi connectivity index (χ2n) is 10.4. The van der Waals surface area contributed by atoms with E-state index >= 15 is 0 Å². The fraction of sp³-hybridized carbons (Fsp3) is 0.444. The van der Waals surface area contributed by atoms with Gasteiger partial charge in [-0.1, -0.05) is 36.8 Å². The number of anilines is 1. The fourth-order valence-corrected chi connectivity index (χ4v) is 5.95. The minimum absolute atomic E-state index is 0.0339. The van der Waals surface area contributed by atoms with Gasteiger partial charge in [0.2, 0.25) is 5.91 Å². The standard InChI is InChI=1S/C27H30N4O3/c32-23-10-9-20(14-29-23)31-25(33)21-3-1-4-22(24(21)26(31)34)28-13-18-5-7-19(8-6-18)15-30-16-27(17-30)11-2-12-27/h1,3-8,20,28H,2,9-17H2,(H,29,32). The first-order valence-corrected chi connectivity index (χ1v) is 12.3. The SMILES string of the molecule is O=C1CCC(N2C(=O)c3cccc(NCc4ccc(CN5CC6(CCC6)C5)cc4)c3C2=O)CN1. The third-order valence-electron chi connectivity index (χ3n) is 8.00. The van der Waals surface area contributed by atoms with Crippen molar-refractivity contribution in [1.29, 1.82) is 0 Å². The molecular formula is C27H30N4O3. The Morgan fingerprint density at radius 1 is 0.971 bits per heavy atom. The van der Waals surface area contributed by atoms with Crippen molar-refractivity contribution in [3.8, 4) is 0 Å². The number of imide groups is 1. The molecule has 0 radical (unpaired) electrons. The van der Waals surface area contributed by atoms with Crippen LogP contribution in [0.1, 0.15) is 63.9 Å². The van der Waals surface area contributed by atoms with Crippen LogP contribution in [0.15, 0.2) is 42.5 Å². The summed E-state index contributed by atoms with van der Waals surface area (Å²) in [5.41, 5.74) is 4.65. The van der Waals surface area contributed by atoms with Crippen LogP contribution in [-0.4, -0.2) is 53.2 Å². The molecule has 0 aromatic heterocycles. The predicted molar refractivity (Wildman–Crippen MR) is 128 cm³/mol. The lowest BCUT2D eigenvalue weighted by molar-refractivity contribution is -0.123. The summed E-state index contributed by atoms with van der Waals surface area (Å²) in [6.07, 6.45) is 5.04. The van der Waals surface area contributed by atoms with E-state index in [-0.39, 0.29) is 23.8 Å². The number of nitrogens with zero attached hydrogens (tertiary/aromatic N) is 2. The van der Waals surface area contributed by atoms with Crippen LogP contribution < -0.4 is 10.6 Å². The molecule has 3 heterocycles. The van der Waals surface area contributed by atoms with Crippen LogP contribution in [-0.2, 0) is 17.9 Å². The van der Waals surface area contributed by atoms with E-state index in [1.54, 1.807) is 6.07 Å². The largest absolute Gasteiger partial charge is 0.380 e. The van der Waals surface area contributed by atoms with Crippen molar-refractivity contribution in [2.24, 2.45) is 5.41 Å². The molecule has 7 heteroatoms. The number of amides is 3. The van der Waals surface area contributed by atoms with Crippen LogP contribution in [0.3, 0.4) is 0 Å². The first kappa shape index (κ1) is 21.4. The number of carbonyl (C=O) groups excluding carboxylic acids is 3. The Labute approximate surface area is 199 Å². The van der Waals surface area contributed by atoms with Gasteiger partial charge in [0.15, 0.2) is 0 Å². The smallest absolute Gasteiger partial charge is 0.263 e. The molecule has 1 aliphatic carbocycles.